The van der Waals surface area contributed by atoms with Gasteiger partial charge in [-0.25, -0.2) is 0 Å². The van der Waals surface area contributed by atoms with Gasteiger partial charge in [-0.3, -0.25) is 9.59 Å². The van der Waals surface area contributed by atoms with Crippen LogP contribution >= 0.6 is 0 Å². The molecule has 1 aliphatic rings. The summed E-state index contributed by atoms with van der Waals surface area (Å²) in [6.45, 7) is 1.96. The molecule has 0 unspecified atom stereocenters. The van der Waals surface area contributed by atoms with E-state index < -0.39 is 0 Å². The Morgan fingerprint density at radius 3 is 1.96 bits per heavy atom. The minimum Gasteiger partial charge on any atom is -0.355 e. The predicted molar refractivity (Wildman–Crippen MR) is 100 cm³/mol. The third-order valence-corrected chi connectivity index (χ3v) is 4.66. The van der Waals surface area contributed by atoms with Gasteiger partial charge < -0.3 is 14.3 Å². The average Bonchev–Trinajstić information content (AvgIpc) is 3.24. The van der Waals surface area contributed by atoms with E-state index in [1.54, 1.807) is 28.0 Å². The fourth-order valence-corrected chi connectivity index (χ4v) is 3.15. The van der Waals surface area contributed by atoms with Crippen LogP contribution in [0.2, 0.25) is 0 Å². The number of rotatable bonds is 3. The first-order valence-corrected chi connectivity index (χ1v) is 8.88. The van der Waals surface area contributed by atoms with Crippen molar-refractivity contribution in [1.29, 1.82) is 0 Å². The monoisotopic (exact) mass is 361 g/mol. The molecule has 0 saturated carbocycles. The van der Waals surface area contributed by atoms with Gasteiger partial charge in [0.25, 0.3) is 11.8 Å². The first-order chi connectivity index (χ1) is 13.2. The highest BCUT2D eigenvalue weighted by molar-refractivity contribution is 5.95. The summed E-state index contributed by atoms with van der Waals surface area (Å²) in [5.74, 6) is 0.389. The topological polar surface area (TPSA) is 66.7 Å². The van der Waals surface area contributed by atoms with Gasteiger partial charge >= 0.3 is 0 Å². The lowest BCUT2D eigenvalue weighted by molar-refractivity contribution is 0.0530. The second-order valence-electron chi connectivity index (χ2n) is 6.39. The van der Waals surface area contributed by atoms with E-state index in [1.165, 1.54) is 0 Å². The van der Waals surface area contributed by atoms with Gasteiger partial charge in [0.1, 0.15) is 0 Å². The van der Waals surface area contributed by atoms with E-state index in [1.807, 2.05) is 48.5 Å². The molecular formula is C21H19N3O3. The number of hydrogen-bond donors (Lipinski definition) is 0. The van der Waals surface area contributed by atoms with Crippen LogP contribution in [0.1, 0.15) is 20.8 Å². The molecule has 0 spiro atoms. The third-order valence-electron chi connectivity index (χ3n) is 4.66. The number of piperazine rings is 1. The van der Waals surface area contributed by atoms with Crippen molar-refractivity contribution in [1.82, 2.24) is 15.0 Å². The Kier molecular flexibility index (Phi) is 4.70. The highest BCUT2D eigenvalue weighted by atomic mass is 16.5. The molecule has 2 amide bonds. The Labute approximate surface area is 157 Å². The Bertz CT molecular complexity index is 930. The van der Waals surface area contributed by atoms with Crippen molar-refractivity contribution in [2.45, 2.75) is 0 Å². The summed E-state index contributed by atoms with van der Waals surface area (Å²) in [4.78, 5) is 28.7. The quantitative estimate of drug-likeness (QED) is 0.719. The zero-order valence-electron chi connectivity index (χ0n) is 14.7. The molecular weight excluding hydrogens is 342 g/mol. The van der Waals surface area contributed by atoms with Gasteiger partial charge in [0.2, 0.25) is 0 Å². The van der Waals surface area contributed by atoms with Crippen molar-refractivity contribution in [2.24, 2.45) is 0 Å². The Hall–Kier alpha value is -3.41. The standard InChI is InChI=1S/C21H19N3O3/c25-20(17-9-5-2-6-10-17)23-11-13-24(14-12-23)21(26)18-15-19(27-22-18)16-7-3-1-4-8-16/h1-10,15H,11-14H2. The molecule has 0 bridgehead atoms. The van der Waals surface area contributed by atoms with Gasteiger partial charge in [0.15, 0.2) is 11.5 Å². The second kappa shape index (κ2) is 7.45. The van der Waals surface area contributed by atoms with Crippen molar-refractivity contribution in [2.75, 3.05) is 26.2 Å². The molecule has 6 nitrogen and oxygen atoms in total. The smallest absolute Gasteiger partial charge is 0.276 e. The Balaban J connectivity index is 1.39. The maximum atomic E-state index is 12.7. The lowest BCUT2D eigenvalue weighted by atomic mass is 10.1. The van der Waals surface area contributed by atoms with E-state index in [4.69, 9.17) is 4.52 Å². The number of carbonyl (C=O) groups excluding carboxylic acids is 2. The van der Waals surface area contributed by atoms with Crippen LogP contribution in [-0.4, -0.2) is 52.9 Å². The van der Waals surface area contributed by atoms with Crippen LogP contribution in [0.15, 0.2) is 71.3 Å². The Morgan fingerprint density at radius 2 is 1.33 bits per heavy atom. The van der Waals surface area contributed by atoms with Crippen LogP contribution < -0.4 is 0 Å². The summed E-state index contributed by atoms with van der Waals surface area (Å²) in [6, 6.07) is 20.4. The molecule has 1 aliphatic heterocycles. The molecule has 2 aromatic carbocycles. The van der Waals surface area contributed by atoms with Crippen LogP contribution in [0.3, 0.4) is 0 Å². The summed E-state index contributed by atoms with van der Waals surface area (Å²) >= 11 is 0. The first-order valence-electron chi connectivity index (χ1n) is 8.88. The predicted octanol–water partition coefficient (Wildman–Crippen LogP) is 2.94. The number of amides is 2. The summed E-state index contributed by atoms with van der Waals surface area (Å²) in [5.41, 5.74) is 1.83. The molecule has 0 atom stereocenters. The van der Waals surface area contributed by atoms with Crippen molar-refractivity contribution in [3.05, 3.63) is 78.0 Å². The summed E-state index contributed by atoms with van der Waals surface area (Å²) in [5, 5.41) is 3.92. The fraction of sp³-hybridized carbons (Fsp3) is 0.190. The van der Waals surface area contributed by atoms with Gasteiger partial charge in [-0.2, -0.15) is 0 Å². The molecule has 1 aromatic heterocycles. The molecule has 3 aromatic rings. The zero-order valence-corrected chi connectivity index (χ0v) is 14.7. The number of hydrogen-bond acceptors (Lipinski definition) is 4. The first kappa shape index (κ1) is 17.0. The number of benzene rings is 2. The van der Waals surface area contributed by atoms with E-state index >= 15 is 0 Å². The summed E-state index contributed by atoms with van der Waals surface area (Å²) < 4.78 is 5.32. The van der Waals surface area contributed by atoms with E-state index in [-0.39, 0.29) is 17.5 Å². The van der Waals surface area contributed by atoms with Gasteiger partial charge in [0, 0.05) is 43.4 Å². The lowest BCUT2D eigenvalue weighted by Gasteiger charge is -2.34. The molecule has 0 N–H and O–H groups in total. The summed E-state index contributed by atoms with van der Waals surface area (Å²) in [6.07, 6.45) is 0. The molecule has 6 heteroatoms. The van der Waals surface area contributed by atoms with Crippen LogP contribution in [-0.2, 0) is 0 Å². The van der Waals surface area contributed by atoms with E-state index in [9.17, 15) is 9.59 Å². The molecule has 0 radical (unpaired) electrons. The molecule has 2 heterocycles. The molecule has 0 aliphatic carbocycles. The highest BCUT2D eigenvalue weighted by Crippen LogP contribution is 2.21. The lowest BCUT2D eigenvalue weighted by Crippen LogP contribution is -2.50. The minimum atomic E-state index is -0.173. The van der Waals surface area contributed by atoms with Crippen molar-refractivity contribution < 1.29 is 14.1 Å². The van der Waals surface area contributed by atoms with Gasteiger partial charge in [-0.15, -0.1) is 0 Å². The van der Waals surface area contributed by atoms with Gasteiger partial charge in [-0.05, 0) is 12.1 Å². The van der Waals surface area contributed by atoms with Crippen LogP contribution in [0.4, 0.5) is 0 Å². The highest BCUT2D eigenvalue weighted by Gasteiger charge is 2.27. The summed E-state index contributed by atoms with van der Waals surface area (Å²) in [7, 11) is 0. The SMILES string of the molecule is O=C(c1ccccc1)N1CCN(C(=O)c2cc(-c3ccccc3)on2)CC1. The normalized spacial score (nSPS) is 14.2. The maximum absolute atomic E-state index is 12.7. The molecule has 1 saturated heterocycles. The van der Waals surface area contributed by atoms with Crippen molar-refractivity contribution in [3.8, 4) is 11.3 Å². The van der Waals surface area contributed by atoms with Crippen molar-refractivity contribution in [3.63, 3.8) is 0 Å². The van der Waals surface area contributed by atoms with Gasteiger partial charge in [-0.1, -0.05) is 53.7 Å². The van der Waals surface area contributed by atoms with E-state index in [2.05, 4.69) is 5.16 Å². The van der Waals surface area contributed by atoms with E-state index in [0.29, 0.717) is 37.5 Å². The van der Waals surface area contributed by atoms with Crippen LogP contribution in [0, 0.1) is 0 Å². The molecule has 4 rings (SSSR count). The third kappa shape index (κ3) is 3.60. The Morgan fingerprint density at radius 1 is 0.778 bits per heavy atom. The number of carbonyl (C=O) groups is 2. The molecule has 27 heavy (non-hydrogen) atoms. The number of aromatic nitrogens is 1. The largest absolute Gasteiger partial charge is 0.355 e. The molecule has 1 fully saturated rings. The van der Waals surface area contributed by atoms with E-state index in [0.717, 1.165) is 5.56 Å². The van der Waals surface area contributed by atoms with Crippen molar-refractivity contribution >= 4 is 11.8 Å². The number of nitrogens with zero attached hydrogens (tertiary/aromatic N) is 3. The maximum Gasteiger partial charge on any atom is 0.276 e. The average molecular weight is 361 g/mol. The zero-order chi connectivity index (χ0) is 18.6. The van der Waals surface area contributed by atoms with Gasteiger partial charge in [0.05, 0.1) is 0 Å². The second-order valence-corrected chi connectivity index (χ2v) is 6.39. The van der Waals surface area contributed by atoms with Crippen LogP contribution in [0.25, 0.3) is 11.3 Å². The minimum absolute atomic E-state index is 0.00417. The fourth-order valence-electron chi connectivity index (χ4n) is 3.15. The molecule has 136 valence electrons. The van der Waals surface area contributed by atoms with Crippen LogP contribution in [0.5, 0.6) is 0 Å².